The van der Waals surface area contributed by atoms with Gasteiger partial charge in [-0.2, -0.15) is 0 Å². The van der Waals surface area contributed by atoms with Gasteiger partial charge in [-0.05, 0) is 24.6 Å². The first-order chi connectivity index (χ1) is 8.66. The number of aromatic nitrogens is 2. The molecule has 1 aromatic heterocycles. The molecule has 0 fully saturated rings. The second kappa shape index (κ2) is 5.69. The van der Waals surface area contributed by atoms with Crippen molar-refractivity contribution in [3.8, 4) is 0 Å². The molecule has 0 aliphatic rings. The first-order valence-electron chi connectivity index (χ1n) is 5.68. The molecule has 0 spiro atoms. The molecule has 0 aliphatic heterocycles. The molecule has 0 unspecified atom stereocenters. The number of hydrogen-bond donors (Lipinski definition) is 2. The lowest BCUT2D eigenvalue weighted by Crippen LogP contribution is -2.27. The summed E-state index contributed by atoms with van der Waals surface area (Å²) in [6.45, 7) is 2.27. The van der Waals surface area contributed by atoms with Crippen LogP contribution in [0.15, 0.2) is 36.7 Å². The third kappa shape index (κ3) is 3.11. The van der Waals surface area contributed by atoms with Crippen molar-refractivity contribution in [1.29, 1.82) is 0 Å². The summed E-state index contributed by atoms with van der Waals surface area (Å²) in [4.78, 5) is 18.9. The number of imidazole rings is 1. The van der Waals surface area contributed by atoms with E-state index >= 15 is 0 Å². The van der Waals surface area contributed by atoms with Crippen LogP contribution in [0.1, 0.15) is 24.2 Å². The maximum absolute atomic E-state index is 11.9. The third-order valence-electron chi connectivity index (χ3n) is 2.75. The number of aromatic amines is 1. The van der Waals surface area contributed by atoms with Gasteiger partial charge < -0.3 is 10.3 Å². The summed E-state index contributed by atoms with van der Waals surface area (Å²) in [5.74, 6) is 0.498. The van der Waals surface area contributed by atoms with E-state index < -0.39 is 0 Å². The normalized spacial score (nSPS) is 12.1. The number of amides is 1. The fourth-order valence-electron chi connectivity index (χ4n) is 1.62. The second-order valence-corrected chi connectivity index (χ2v) is 4.46. The van der Waals surface area contributed by atoms with E-state index in [4.69, 9.17) is 11.6 Å². The number of H-pyrrole nitrogens is 1. The Morgan fingerprint density at radius 3 is 2.78 bits per heavy atom. The van der Waals surface area contributed by atoms with Crippen molar-refractivity contribution in [2.24, 2.45) is 0 Å². The maximum Gasteiger partial charge on any atom is 0.227 e. The highest BCUT2D eigenvalue weighted by Gasteiger charge is 2.14. The lowest BCUT2D eigenvalue weighted by atomic mass is 10.0. The van der Waals surface area contributed by atoms with Crippen LogP contribution >= 0.6 is 11.6 Å². The molecular weight excluding hydrogens is 250 g/mol. The molecule has 94 valence electrons. The standard InChI is InChI=1S/C13H14ClN3O/c1-9(10-2-4-11(14)5-3-10)13(18)17-8-12-15-6-7-16-12/h2-7,9H,8H2,1H3,(H,15,16)(H,17,18)/t9-/m1/s1. The molecule has 1 heterocycles. The number of halogens is 1. The summed E-state index contributed by atoms with van der Waals surface area (Å²) in [6.07, 6.45) is 3.38. The minimum Gasteiger partial charge on any atom is -0.348 e. The van der Waals surface area contributed by atoms with E-state index in [2.05, 4.69) is 15.3 Å². The topological polar surface area (TPSA) is 57.8 Å². The molecule has 0 aliphatic carbocycles. The smallest absolute Gasteiger partial charge is 0.227 e. The average Bonchev–Trinajstić information content (AvgIpc) is 2.89. The highest BCUT2D eigenvalue weighted by atomic mass is 35.5. The second-order valence-electron chi connectivity index (χ2n) is 4.03. The van der Waals surface area contributed by atoms with Gasteiger partial charge in [0.05, 0.1) is 12.5 Å². The third-order valence-corrected chi connectivity index (χ3v) is 3.00. The van der Waals surface area contributed by atoms with Crippen molar-refractivity contribution in [1.82, 2.24) is 15.3 Å². The summed E-state index contributed by atoms with van der Waals surface area (Å²) in [7, 11) is 0. The van der Waals surface area contributed by atoms with Gasteiger partial charge in [0.15, 0.2) is 0 Å². The largest absolute Gasteiger partial charge is 0.348 e. The van der Waals surface area contributed by atoms with Gasteiger partial charge >= 0.3 is 0 Å². The molecule has 0 saturated heterocycles. The molecule has 0 saturated carbocycles. The zero-order chi connectivity index (χ0) is 13.0. The number of carbonyl (C=O) groups excluding carboxylic acids is 1. The van der Waals surface area contributed by atoms with Crippen molar-refractivity contribution >= 4 is 17.5 Å². The monoisotopic (exact) mass is 263 g/mol. The van der Waals surface area contributed by atoms with Gasteiger partial charge in [0.1, 0.15) is 5.82 Å². The van der Waals surface area contributed by atoms with Crippen LogP contribution in [0, 0.1) is 0 Å². The van der Waals surface area contributed by atoms with Crippen LogP contribution in [-0.2, 0) is 11.3 Å². The first-order valence-corrected chi connectivity index (χ1v) is 6.06. The molecule has 1 amide bonds. The van der Waals surface area contributed by atoms with E-state index in [1.165, 1.54) is 0 Å². The van der Waals surface area contributed by atoms with Crippen LogP contribution in [0.2, 0.25) is 5.02 Å². The van der Waals surface area contributed by atoms with Gasteiger partial charge in [-0.15, -0.1) is 0 Å². The number of hydrogen-bond acceptors (Lipinski definition) is 2. The number of nitrogens with zero attached hydrogens (tertiary/aromatic N) is 1. The van der Waals surface area contributed by atoms with E-state index in [1.54, 1.807) is 24.5 Å². The summed E-state index contributed by atoms with van der Waals surface area (Å²) >= 11 is 5.81. The van der Waals surface area contributed by atoms with Crippen LogP contribution in [0.3, 0.4) is 0 Å². The Kier molecular flexibility index (Phi) is 3.99. The minimum atomic E-state index is -0.211. The van der Waals surface area contributed by atoms with E-state index in [1.807, 2.05) is 19.1 Å². The van der Waals surface area contributed by atoms with Crippen LogP contribution in [0.25, 0.3) is 0 Å². The molecular formula is C13H14ClN3O. The Morgan fingerprint density at radius 1 is 1.44 bits per heavy atom. The fraction of sp³-hybridized carbons (Fsp3) is 0.231. The number of carbonyl (C=O) groups is 1. The summed E-state index contributed by atoms with van der Waals surface area (Å²) in [5.41, 5.74) is 0.941. The Bertz CT molecular complexity index is 508. The Morgan fingerprint density at radius 2 is 2.17 bits per heavy atom. The van der Waals surface area contributed by atoms with Crippen molar-refractivity contribution in [2.75, 3.05) is 0 Å². The van der Waals surface area contributed by atoms with Gasteiger partial charge in [-0.1, -0.05) is 23.7 Å². The van der Waals surface area contributed by atoms with Crippen LogP contribution in [0.5, 0.6) is 0 Å². The highest BCUT2D eigenvalue weighted by molar-refractivity contribution is 6.30. The lowest BCUT2D eigenvalue weighted by Gasteiger charge is -2.11. The van der Waals surface area contributed by atoms with Crippen molar-refractivity contribution in [2.45, 2.75) is 19.4 Å². The fourth-order valence-corrected chi connectivity index (χ4v) is 1.75. The highest BCUT2D eigenvalue weighted by Crippen LogP contribution is 2.18. The quantitative estimate of drug-likeness (QED) is 0.890. The van der Waals surface area contributed by atoms with Crippen molar-refractivity contribution < 1.29 is 4.79 Å². The van der Waals surface area contributed by atoms with E-state index in [0.29, 0.717) is 11.6 Å². The molecule has 5 heteroatoms. The zero-order valence-electron chi connectivity index (χ0n) is 9.98. The van der Waals surface area contributed by atoms with Gasteiger partial charge in [-0.3, -0.25) is 4.79 Å². The Labute approximate surface area is 110 Å². The number of benzene rings is 1. The molecule has 2 rings (SSSR count). The number of nitrogens with one attached hydrogen (secondary N) is 2. The van der Waals surface area contributed by atoms with E-state index in [-0.39, 0.29) is 11.8 Å². The van der Waals surface area contributed by atoms with Gasteiger partial charge in [0, 0.05) is 17.4 Å². The molecule has 18 heavy (non-hydrogen) atoms. The molecule has 4 nitrogen and oxygen atoms in total. The molecule has 1 atom stereocenters. The SMILES string of the molecule is C[C@@H](C(=O)NCc1ncc[nH]1)c1ccc(Cl)cc1. The van der Waals surface area contributed by atoms with E-state index in [9.17, 15) is 4.79 Å². The van der Waals surface area contributed by atoms with Gasteiger partial charge in [0.25, 0.3) is 0 Å². The molecule has 2 N–H and O–H groups in total. The van der Waals surface area contributed by atoms with E-state index in [0.717, 1.165) is 11.4 Å². The zero-order valence-corrected chi connectivity index (χ0v) is 10.7. The van der Waals surface area contributed by atoms with Gasteiger partial charge in [-0.25, -0.2) is 4.98 Å². The number of rotatable bonds is 4. The Hall–Kier alpha value is -1.81. The predicted molar refractivity (Wildman–Crippen MR) is 70.3 cm³/mol. The average molecular weight is 264 g/mol. The summed E-state index contributed by atoms with van der Waals surface area (Å²) in [5, 5.41) is 3.50. The van der Waals surface area contributed by atoms with Crippen LogP contribution in [0.4, 0.5) is 0 Å². The minimum absolute atomic E-state index is 0.0336. The predicted octanol–water partition coefficient (Wildman–Crippen LogP) is 2.48. The van der Waals surface area contributed by atoms with Gasteiger partial charge in [0.2, 0.25) is 5.91 Å². The van der Waals surface area contributed by atoms with Crippen molar-refractivity contribution in [3.63, 3.8) is 0 Å². The van der Waals surface area contributed by atoms with Crippen LogP contribution < -0.4 is 5.32 Å². The summed E-state index contributed by atoms with van der Waals surface area (Å²) in [6, 6.07) is 7.29. The molecule has 0 bridgehead atoms. The molecule has 0 radical (unpaired) electrons. The summed E-state index contributed by atoms with van der Waals surface area (Å²) < 4.78 is 0. The molecule has 1 aromatic carbocycles. The van der Waals surface area contributed by atoms with Crippen molar-refractivity contribution in [3.05, 3.63) is 53.1 Å². The Balaban J connectivity index is 1.94. The maximum atomic E-state index is 11.9. The first kappa shape index (κ1) is 12.6. The molecule has 2 aromatic rings. The lowest BCUT2D eigenvalue weighted by molar-refractivity contribution is -0.122. The van der Waals surface area contributed by atoms with Crippen LogP contribution in [-0.4, -0.2) is 15.9 Å².